The third-order valence-electron chi connectivity index (χ3n) is 4.09. The minimum atomic E-state index is -0.0543. The van der Waals surface area contributed by atoms with Crippen LogP contribution in [0, 0.1) is 0 Å². The molecule has 4 heteroatoms. The first-order valence-electron chi connectivity index (χ1n) is 7.10. The van der Waals surface area contributed by atoms with Gasteiger partial charge in [-0.15, -0.1) is 0 Å². The molecule has 1 unspecified atom stereocenters. The Morgan fingerprint density at radius 1 is 1.14 bits per heavy atom. The zero-order valence-corrected chi connectivity index (χ0v) is 14.3. The van der Waals surface area contributed by atoms with Crippen LogP contribution >= 0.6 is 27.5 Å². The summed E-state index contributed by atoms with van der Waals surface area (Å²) in [6, 6.07) is 16.6. The maximum Gasteiger partial charge on any atom is 0.0595 e. The molecule has 0 amide bonds. The van der Waals surface area contributed by atoms with E-state index in [1.165, 1.54) is 5.56 Å². The summed E-state index contributed by atoms with van der Waals surface area (Å²) in [6.07, 6.45) is 0. The van der Waals surface area contributed by atoms with Crippen LogP contribution in [-0.2, 0) is 5.54 Å². The minimum absolute atomic E-state index is 0.0543. The molecule has 1 aliphatic heterocycles. The van der Waals surface area contributed by atoms with Gasteiger partial charge in [-0.2, -0.15) is 0 Å². The van der Waals surface area contributed by atoms with Gasteiger partial charge in [0.2, 0.25) is 0 Å². The molecular weight excluding hydrogens is 348 g/mol. The summed E-state index contributed by atoms with van der Waals surface area (Å²) in [5.74, 6) is 0. The van der Waals surface area contributed by atoms with Gasteiger partial charge in [-0.3, -0.25) is 0 Å². The Balaban J connectivity index is 1.91. The van der Waals surface area contributed by atoms with E-state index in [-0.39, 0.29) is 5.54 Å². The first-order valence-corrected chi connectivity index (χ1v) is 8.27. The fourth-order valence-electron chi connectivity index (χ4n) is 2.93. The molecule has 1 atom stereocenters. The number of benzene rings is 2. The molecule has 1 aliphatic rings. The van der Waals surface area contributed by atoms with Crippen molar-refractivity contribution in [1.82, 2.24) is 5.32 Å². The standard InChI is InChI=1S/C17H18BrClN2/c1-17(13-6-3-2-4-7-13)12-21(11-10-20-17)15-9-5-8-14(19)16(15)18/h2-9,20H,10-12H2,1H3. The molecule has 0 saturated carbocycles. The van der Waals surface area contributed by atoms with Crippen LogP contribution in [0.1, 0.15) is 12.5 Å². The summed E-state index contributed by atoms with van der Waals surface area (Å²) < 4.78 is 0.976. The van der Waals surface area contributed by atoms with E-state index in [2.05, 4.69) is 69.5 Å². The van der Waals surface area contributed by atoms with Crippen LogP contribution in [-0.4, -0.2) is 19.6 Å². The Hall–Kier alpha value is -1.03. The maximum absolute atomic E-state index is 6.23. The van der Waals surface area contributed by atoms with Crippen LogP contribution < -0.4 is 10.2 Å². The second-order valence-electron chi connectivity index (χ2n) is 5.62. The average molecular weight is 366 g/mol. The lowest BCUT2D eigenvalue weighted by Gasteiger charge is -2.43. The lowest BCUT2D eigenvalue weighted by atomic mass is 9.89. The van der Waals surface area contributed by atoms with Gasteiger partial charge in [0, 0.05) is 19.6 Å². The number of anilines is 1. The van der Waals surface area contributed by atoms with Crippen molar-refractivity contribution in [1.29, 1.82) is 0 Å². The predicted molar refractivity (Wildman–Crippen MR) is 93.2 cm³/mol. The van der Waals surface area contributed by atoms with Crippen LogP contribution in [0.2, 0.25) is 5.02 Å². The van der Waals surface area contributed by atoms with Gasteiger partial charge in [0.1, 0.15) is 0 Å². The van der Waals surface area contributed by atoms with Crippen LogP contribution in [0.15, 0.2) is 53.0 Å². The van der Waals surface area contributed by atoms with Crippen molar-refractivity contribution >= 4 is 33.2 Å². The Morgan fingerprint density at radius 2 is 1.90 bits per heavy atom. The summed E-state index contributed by atoms with van der Waals surface area (Å²) in [5, 5.41) is 4.41. The van der Waals surface area contributed by atoms with E-state index < -0.39 is 0 Å². The highest BCUT2D eigenvalue weighted by Crippen LogP contribution is 2.35. The molecule has 21 heavy (non-hydrogen) atoms. The third kappa shape index (κ3) is 2.96. The Bertz CT molecular complexity index is 632. The van der Waals surface area contributed by atoms with Crippen molar-refractivity contribution < 1.29 is 0 Å². The highest BCUT2D eigenvalue weighted by molar-refractivity contribution is 9.10. The Labute approximate surface area is 139 Å². The fraction of sp³-hybridized carbons (Fsp3) is 0.294. The average Bonchev–Trinajstić information content (AvgIpc) is 2.51. The Kier molecular flexibility index (Phi) is 4.25. The van der Waals surface area contributed by atoms with Crippen LogP contribution in [0.3, 0.4) is 0 Å². The van der Waals surface area contributed by atoms with Crippen LogP contribution in [0.4, 0.5) is 5.69 Å². The van der Waals surface area contributed by atoms with Crippen molar-refractivity contribution in [2.75, 3.05) is 24.5 Å². The molecule has 1 heterocycles. The summed E-state index contributed by atoms with van der Waals surface area (Å²) in [7, 11) is 0. The number of hydrogen-bond donors (Lipinski definition) is 1. The first-order chi connectivity index (χ1) is 10.1. The van der Waals surface area contributed by atoms with E-state index in [9.17, 15) is 0 Å². The molecule has 2 nitrogen and oxygen atoms in total. The minimum Gasteiger partial charge on any atom is -0.367 e. The monoisotopic (exact) mass is 364 g/mol. The lowest BCUT2D eigenvalue weighted by Crippen LogP contribution is -2.56. The molecule has 1 fully saturated rings. The van der Waals surface area contributed by atoms with Gasteiger partial charge in [-0.25, -0.2) is 0 Å². The van der Waals surface area contributed by atoms with Gasteiger partial charge < -0.3 is 10.2 Å². The second kappa shape index (κ2) is 5.99. The molecule has 2 aromatic rings. The first kappa shape index (κ1) is 14.9. The normalized spacial score (nSPS) is 22.3. The smallest absolute Gasteiger partial charge is 0.0595 e. The molecule has 1 N–H and O–H groups in total. The van der Waals surface area contributed by atoms with Crippen LogP contribution in [0.5, 0.6) is 0 Å². The summed E-state index contributed by atoms with van der Waals surface area (Å²) in [5.41, 5.74) is 2.42. The van der Waals surface area contributed by atoms with Crippen molar-refractivity contribution in [2.45, 2.75) is 12.5 Å². The third-order valence-corrected chi connectivity index (χ3v) is 5.46. The molecule has 0 spiro atoms. The number of hydrogen-bond acceptors (Lipinski definition) is 2. The van der Waals surface area contributed by atoms with Crippen molar-refractivity contribution in [2.24, 2.45) is 0 Å². The van der Waals surface area contributed by atoms with E-state index in [0.717, 1.165) is 34.8 Å². The van der Waals surface area contributed by atoms with Gasteiger partial charge in [0.15, 0.2) is 0 Å². The van der Waals surface area contributed by atoms with E-state index in [4.69, 9.17) is 11.6 Å². The molecule has 1 saturated heterocycles. The highest BCUT2D eigenvalue weighted by atomic mass is 79.9. The number of rotatable bonds is 2. The quantitative estimate of drug-likeness (QED) is 0.847. The maximum atomic E-state index is 6.23. The number of nitrogens with zero attached hydrogens (tertiary/aromatic N) is 1. The summed E-state index contributed by atoms with van der Waals surface area (Å²) in [6.45, 7) is 5.09. The predicted octanol–water partition coefficient (Wildman–Crippen LogP) is 4.43. The van der Waals surface area contributed by atoms with E-state index >= 15 is 0 Å². The SMILES string of the molecule is CC1(c2ccccc2)CN(c2cccc(Cl)c2Br)CCN1. The topological polar surface area (TPSA) is 15.3 Å². The van der Waals surface area contributed by atoms with Gasteiger partial charge in [0.05, 0.1) is 20.7 Å². The number of piperazine rings is 1. The summed E-state index contributed by atoms with van der Waals surface area (Å²) in [4.78, 5) is 2.39. The molecule has 0 aliphatic carbocycles. The molecule has 3 rings (SSSR count). The number of halogens is 2. The van der Waals surface area contributed by atoms with E-state index in [1.54, 1.807) is 0 Å². The number of nitrogens with one attached hydrogen (secondary N) is 1. The van der Waals surface area contributed by atoms with E-state index in [0.29, 0.717) is 0 Å². The zero-order chi connectivity index (χ0) is 14.9. The molecular formula is C17H18BrClN2. The largest absolute Gasteiger partial charge is 0.367 e. The molecule has 0 bridgehead atoms. The molecule has 110 valence electrons. The molecule has 0 aromatic heterocycles. The van der Waals surface area contributed by atoms with Crippen molar-refractivity contribution in [3.63, 3.8) is 0 Å². The summed E-state index contributed by atoms with van der Waals surface area (Å²) >= 11 is 9.85. The lowest BCUT2D eigenvalue weighted by molar-refractivity contribution is 0.332. The van der Waals surface area contributed by atoms with Crippen LogP contribution in [0.25, 0.3) is 0 Å². The second-order valence-corrected chi connectivity index (χ2v) is 6.82. The van der Waals surface area contributed by atoms with Crippen molar-refractivity contribution in [3.8, 4) is 0 Å². The Morgan fingerprint density at radius 3 is 2.67 bits per heavy atom. The van der Waals surface area contributed by atoms with E-state index in [1.807, 2.05) is 12.1 Å². The van der Waals surface area contributed by atoms with Gasteiger partial charge >= 0.3 is 0 Å². The highest BCUT2D eigenvalue weighted by Gasteiger charge is 2.32. The zero-order valence-electron chi connectivity index (χ0n) is 11.9. The van der Waals surface area contributed by atoms with Gasteiger partial charge in [-0.05, 0) is 40.5 Å². The molecule has 0 radical (unpaired) electrons. The van der Waals surface area contributed by atoms with Gasteiger partial charge in [-0.1, -0.05) is 48.0 Å². The van der Waals surface area contributed by atoms with Gasteiger partial charge in [0.25, 0.3) is 0 Å². The molecule has 2 aromatic carbocycles. The van der Waals surface area contributed by atoms with Crippen molar-refractivity contribution in [3.05, 3.63) is 63.6 Å². The fourth-order valence-corrected chi connectivity index (χ4v) is 3.61.